The quantitative estimate of drug-likeness (QED) is 0.437. The summed E-state index contributed by atoms with van der Waals surface area (Å²) in [5.74, 6) is 2.79. The summed E-state index contributed by atoms with van der Waals surface area (Å²) < 4.78 is 2.30. The van der Waals surface area contributed by atoms with E-state index in [1.54, 1.807) is 23.1 Å². The Morgan fingerprint density at radius 1 is 1.11 bits per heavy atom. The lowest BCUT2D eigenvalue weighted by atomic mass is 9.87. The SMILES string of the molecule is CCn1c(CC2CCCCC2)nnc1SCc1csc(-c2ccc(C)cc2)n1. The summed E-state index contributed by atoms with van der Waals surface area (Å²) in [6.07, 6.45) is 7.92. The Labute approximate surface area is 175 Å². The number of hydrogen-bond donors (Lipinski definition) is 0. The Kier molecular flexibility index (Phi) is 6.47. The lowest BCUT2D eigenvalue weighted by Crippen LogP contribution is -2.13. The fourth-order valence-electron chi connectivity index (χ4n) is 3.88. The number of benzene rings is 1. The van der Waals surface area contributed by atoms with Crippen molar-refractivity contribution >= 4 is 23.1 Å². The lowest BCUT2D eigenvalue weighted by molar-refractivity contribution is 0.347. The number of nitrogens with zero attached hydrogens (tertiary/aromatic N) is 4. The average Bonchev–Trinajstić information content (AvgIpc) is 3.34. The fourth-order valence-corrected chi connectivity index (χ4v) is 5.73. The fraction of sp³-hybridized carbons (Fsp3) is 0.500. The van der Waals surface area contributed by atoms with Gasteiger partial charge in [-0.2, -0.15) is 0 Å². The highest BCUT2D eigenvalue weighted by Gasteiger charge is 2.19. The minimum absolute atomic E-state index is 0.789. The zero-order valence-electron chi connectivity index (χ0n) is 16.7. The monoisotopic (exact) mass is 412 g/mol. The molecule has 1 saturated carbocycles. The van der Waals surface area contributed by atoms with Crippen LogP contribution in [0, 0.1) is 12.8 Å². The van der Waals surface area contributed by atoms with Crippen LogP contribution in [0.3, 0.4) is 0 Å². The van der Waals surface area contributed by atoms with Gasteiger partial charge in [-0.15, -0.1) is 21.5 Å². The van der Waals surface area contributed by atoms with Gasteiger partial charge in [0.05, 0.1) is 5.69 Å². The van der Waals surface area contributed by atoms with Crippen molar-refractivity contribution in [2.24, 2.45) is 5.92 Å². The Morgan fingerprint density at radius 3 is 2.64 bits per heavy atom. The van der Waals surface area contributed by atoms with Gasteiger partial charge in [0, 0.05) is 29.7 Å². The maximum atomic E-state index is 4.82. The van der Waals surface area contributed by atoms with Crippen LogP contribution in [0.1, 0.15) is 56.1 Å². The van der Waals surface area contributed by atoms with E-state index in [2.05, 4.69) is 58.3 Å². The van der Waals surface area contributed by atoms with Gasteiger partial charge in [0.2, 0.25) is 0 Å². The van der Waals surface area contributed by atoms with E-state index in [4.69, 9.17) is 4.98 Å². The molecule has 0 bridgehead atoms. The van der Waals surface area contributed by atoms with Crippen LogP contribution in [-0.2, 0) is 18.7 Å². The zero-order chi connectivity index (χ0) is 19.3. The van der Waals surface area contributed by atoms with Crippen LogP contribution in [0.5, 0.6) is 0 Å². The first-order chi connectivity index (χ1) is 13.7. The molecule has 0 aliphatic heterocycles. The molecule has 6 heteroatoms. The molecule has 148 valence electrons. The highest BCUT2D eigenvalue weighted by molar-refractivity contribution is 7.98. The van der Waals surface area contributed by atoms with Crippen LogP contribution < -0.4 is 0 Å². The molecule has 0 spiro atoms. The van der Waals surface area contributed by atoms with Gasteiger partial charge in [0.25, 0.3) is 0 Å². The second kappa shape index (κ2) is 9.23. The summed E-state index contributed by atoms with van der Waals surface area (Å²) in [6, 6.07) is 8.58. The van der Waals surface area contributed by atoms with Crippen molar-refractivity contribution in [3.63, 3.8) is 0 Å². The highest BCUT2D eigenvalue weighted by Crippen LogP contribution is 2.30. The van der Waals surface area contributed by atoms with Gasteiger partial charge in [-0.3, -0.25) is 0 Å². The first-order valence-corrected chi connectivity index (χ1v) is 12.2. The summed E-state index contributed by atoms with van der Waals surface area (Å²) in [4.78, 5) is 4.82. The highest BCUT2D eigenvalue weighted by atomic mass is 32.2. The van der Waals surface area contributed by atoms with Crippen molar-refractivity contribution in [2.45, 2.75) is 69.8 Å². The molecule has 2 heterocycles. The molecule has 2 aromatic heterocycles. The third-order valence-corrected chi connectivity index (χ3v) is 7.45. The van der Waals surface area contributed by atoms with Crippen LogP contribution in [0.2, 0.25) is 0 Å². The Hall–Kier alpha value is -1.66. The van der Waals surface area contributed by atoms with E-state index in [1.165, 1.54) is 43.2 Å². The lowest BCUT2D eigenvalue weighted by Gasteiger charge is -2.21. The van der Waals surface area contributed by atoms with Crippen molar-refractivity contribution < 1.29 is 0 Å². The number of thioether (sulfide) groups is 1. The Morgan fingerprint density at radius 2 is 1.89 bits per heavy atom. The minimum Gasteiger partial charge on any atom is -0.306 e. The second-order valence-electron chi connectivity index (χ2n) is 7.65. The molecule has 0 atom stereocenters. The molecule has 4 nitrogen and oxygen atoms in total. The standard InChI is InChI=1S/C22H28N4S2/c1-3-26-20(13-17-7-5-4-6-8-17)24-25-22(26)28-15-19-14-27-21(23-19)18-11-9-16(2)10-12-18/h9-12,14,17H,3-8,13,15H2,1-2H3. The van der Waals surface area contributed by atoms with Crippen molar-refractivity contribution in [1.29, 1.82) is 0 Å². The van der Waals surface area contributed by atoms with Gasteiger partial charge in [-0.1, -0.05) is 73.7 Å². The summed E-state index contributed by atoms with van der Waals surface area (Å²) >= 11 is 3.47. The molecular weight excluding hydrogens is 384 g/mol. The van der Waals surface area contributed by atoms with E-state index < -0.39 is 0 Å². The average molecular weight is 413 g/mol. The molecule has 3 aromatic rings. The second-order valence-corrected chi connectivity index (χ2v) is 9.45. The Bertz CT molecular complexity index is 892. The molecule has 1 aliphatic carbocycles. The molecule has 0 unspecified atom stereocenters. The largest absolute Gasteiger partial charge is 0.306 e. The van der Waals surface area contributed by atoms with Crippen LogP contribution >= 0.6 is 23.1 Å². The predicted octanol–water partition coefficient (Wildman–Crippen LogP) is 6.15. The van der Waals surface area contributed by atoms with E-state index in [0.29, 0.717) is 0 Å². The summed E-state index contributed by atoms with van der Waals surface area (Å²) in [5, 5.41) is 13.3. The van der Waals surface area contributed by atoms with Crippen molar-refractivity contribution in [2.75, 3.05) is 0 Å². The van der Waals surface area contributed by atoms with Gasteiger partial charge in [0.1, 0.15) is 10.8 Å². The summed E-state index contributed by atoms with van der Waals surface area (Å²) in [6.45, 7) is 5.24. The minimum atomic E-state index is 0.789. The molecule has 1 aliphatic rings. The Balaban J connectivity index is 1.40. The molecule has 0 N–H and O–H groups in total. The molecule has 1 fully saturated rings. The maximum absolute atomic E-state index is 4.82. The van der Waals surface area contributed by atoms with Crippen LogP contribution in [0.25, 0.3) is 10.6 Å². The van der Waals surface area contributed by atoms with Crippen LogP contribution in [-0.4, -0.2) is 19.7 Å². The number of aryl methyl sites for hydroxylation is 1. The smallest absolute Gasteiger partial charge is 0.191 e. The maximum Gasteiger partial charge on any atom is 0.191 e. The van der Waals surface area contributed by atoms with E-state index in [1.807, 2.05) is 0 Å². The first-order valence-electron chi connectivity index (χ1n) is 10.3. The molecular formula is C22H28N4S2. The van der Waals surface area contributed by atoms with Gasteiger partial charge in [-0.25, -0.2) is 4.98 Å². The first kappa shape index (κ1) is 19.6. The van der Waals surface area contributed by atoms with E-state index >= 15 is 0 Å². The van der Waals surface area contributed by atoms with E-state index in [0.717, 1.165) is 46.3 Å². The molecule has 0 radical (unpaired) electrons. The molecule has 4 rings (SSSR count). The van der Waals surface area contributed by atoms with Crippen molar-refractivity contribution in [1.82, 2.24) is 19.7 Å². The zero-order valence-corrected chi connectivity index (χ0v) is 18.4. The number of hydrogen-bond acceptors (Lipinski definition) is 5. The third-order valence-electron chi connectivity index (χ3n) is 5.51. The summed E-state index contributed by atoms with van der Waals surface area (Å²) in [5.41, 5.74) is 3.59. The number of aromatic nitrogens is 4. The van der Waals surface area contributed by atoms with E-state index in [9.17, 15) is 0 Å². The van der Waals surface area contributed by atoms with E-state index in [-0.39, 0.29) is 0 Å². The molecule has 1 aromatic carbocycles. The normalized spacial score (nSPS) is 15.2. The molecule has 0 saturated heterocycles. The number of thiazole rings is 1. The van der Waals surface area contributed by atoms with Crippen LogP contribution in [0.15, 0.2) is 34.8 Å². The van der Waals surface area contributed by atoms with Gasteiger partial charge in [-0.05, 0) is 19.8 Å². The molecule has 0 amide bonds. The summed E-state index contributed by atoms with van der Waals surface area (Å²) in [7, 11) is 0. The predicted molar refractivity (Wildman–Crippen MR) is 118 cm³/mol. The third kappa shape index (κ3) is 4.66. The van der Waals surface area contributed by atoms with Crippen molar-refractivity contribution in [3.05, 3.63) is 46.7 Å². The van der Waals surface area contributed by atoms with Gasteiger partial charge in [0.15, 0.2) is 5.16 Å². The topological polar surface area (TPSA) is 43.6 Å². The van der Waals surface area contributed by atoms with Crippen LogP contribution in [0.4, 0.5) is 0 Å². The van der Waals surface area contributed by atoms with Crippen molar-refractivity contribution in [3.8, 4) is 10.6 Å². The van der Waals surface area contributed by atoms with Gasteiger partial charge < -0.3 is 4.57 Å². The number of rotatable bonds is 7. The molecule has 28 heavy (non-hydrogen) atoms. The van der Waals surface area contributed by atoms with Gasteiger partial charge >= 0.3 is 0 Å².